The lowest BCUT2D eigenvalue weighted by molar-refractivity contribution is -0.147. The quantitative estimate of drug-likeness (QED) is 0.0224. The van der Waals surface area contributed by atoms with Crippen molar-refractivity contribution >= 4 is 53.3 Å². The van der Waals surface area contributed by atoms with Crippen LogP contribution in [0.15, 0.2) is 17.5 Å². The first kappa shape index (κ1) is 48.1. The van der Waals surface area contributed by atoms with Crippen LogP contribution in [0.5, 0.6) is 0 Å². The van der Waals surface area contributed by atoms with Crippen molar-refractivity contribution in [2.24, 2.45) is 33.8 Å². The number of aromatic nitrogens is 2. The number of aliphatic imine (C=N–C) groups is 1. The average Bonchev–Trinajstić information content (AvgIpc) is 3.65. The van der Waals surface area contributed by atoms with Gasteiger partial charge in [0.2, 0.25) is 35.4 Å². The zero-order valence-corrected chi connectivity index (χ0v) is 31.3. The van der Waals surface area contributed by atoms with Gasteiger partial charge < -0.3 is 75.1 Å². The lowest BCUT2D eigenvalue weighted by Crippen LogP contribution is -2.61. The van der Waals surface area contributed by atoms with E-state index in [1.165, 1.54) is 26.4 Å². The monoisotopic (exact) mass is 797 g/mol. The number of carboxylic acid groups (broad SMARTS) is 2. The van der Waals surface area contributed by atoms with Crippen molar-refractivity contribution in [3.8, 4) is 0 Å². The van der Waals surface area contributed by atoms with Crippen molar-refractivity contribution in [2.45, 2.75) is 95.0 Å². The fraction of sp³-hybridized carbons (Fsp3) is 0.625. The van der Waals surface area contributed by atoms with Crippen LogP contribution in [-0.2, 0) is 44.8 Å². The summed E-state index contributed by atoms with van der Waals surface area (Å²) in [4.78, 5) is 112. The number of aliphatic hydroxyl groups is 1. The van der Waals surface area contributed by atoms with Gasteiger partial charge in [-0.3, -0.25) is 38.6 Å². The first-order valence-corrected chi connectivity index (χ1v) is 17.7. The normalized spacial score (nSPS) is 14.1. The van der Waals surface area contributed by atoms with E-state index in [0.717, 1.165) is 0 Å². The Kier molecular flexibility index (Phi) is 21.7. The first-order chi connectivity index (χ1) is 26.4. The fourth-order valence-corrected chi connectivity index (χ4v) is 5.05. The Bertz CT molecular complexity index is 1500. The summed E-state index contributed by atoms with van der Waals surface area (Å²) in [6.45, 7) is 1.97. The third kappa shape index (κ3) is 18.0. The highest BCUT2D eigenvalue weighted by Crippen LogP contribution is 2.08. The smallest absolute Gasteiger partial charge is 0.326 e. The molecule has 0 aliphatic rings. The van der Waals surface area contributed by atoms with E-state index in [1.807, 2.05) is 0 Å². The summed E-state index contributed by atoms with van der Waals surface area (Å²) in [6, 6.07) is -8.80. The molecule has 0 spiro atoms. The van der Waals surface area contributed by atoms with Gasteiger partial charge in [-0.05, 0) is 44.6 Å². The average molecular weight is 798 g/mol. The number of imidazole rings is 1. The molecule has 0 aromatic carbocycles. The summed E-state index contributed by atoms with van der Waals surface area (Å²) in [5.74, 6) is -9.34. The predicted molar refractivity (Wildman–Crippen MR) is 198 cm³/mol. The molecule has 1 aromatic heterocycles. The van der Waals surface area contributed by atoms with Gasteiger partial charge in [-0.25, -0.2) is 9.78 Å². The minimum Gasteiger partial charge on any atom is -0.481 e. The molecular formula is C32H55N13O11. The molecule has 1 rings (SSSR count). The highest BCUT2D eigenvalue weighted by Gasteiger charge is 2.34. The van der Waals surface area contributed by atoms with Crippen LogP contribution in [0.4, 0.5) is 0 Å². The number of carboxylic acids is 2. The lowest BCUT2D eigenvalue weighted by Gasteiger charge is -2.27. The Hall–Kier alpha value is -5.88. The fourth-order valence-electron chi connectivity index (χ4n) is 5.05. The number of rotatable bonds is 27. The zero-order chi connectivity index (χ0) is 42.4. The van der Waals surface area contributed by atoms with Crippen LogP contribution in [0.1, 0.15) is 58.1 Å². The molecule has 18 N–H and O–H groups in total. The van der Waals surface area contributed by atoms with Gasteiger partial charge in [0.15, 0.2) is 5.96 Å². The number of hydrogen-bond acceptors (Lipinski definition) is 13. The third-order valence-electron chi connectivity index (χ3n) is 8.03. The Balaban J connectivity index is 3.32. The zero-order valence-electron chi connectivity index (χ0n) is 31.3. The Morgan fingerprint density at radius 3 is 1.82 bits per heavy atom. The molecule has 0 fully saturated rings. The van der Waals surface area contributed by atoms with Gasteiger partial charge in [-0.15, -0.1) is 0 Å². The van der Waals surface area contributed by atoms with Crippen LogP contribution in [0, 0.1) is 5.92 Å². The van der Waals surface area contributed by atoms with E-state index >= 15 is 0 Å². The van der Waals surface area contributed by atoms with Gasteiger partial charge in [0, 0.05) is 24.9 Å². The van der Waals surface area contributed by atoms with Crippen LogP contribution < -0.4 is 54.8 Å². The molecule has 1 aromatic rings. The molecular weight excluding hydrogens is 742 g/mol. The number of nitrogens with two attached hydrogens (primary N) is 4. The molecule has 0 bridgehead atoms. The highest BCUT2D eigenvalue weighted by molar-refractivity contribution is 5.97. The number of aromatic amines is 1. The molecule has 0 unspecified atom stereocenters. The Morgan fingerprint density at radius 2 is 1.30 bits per heavy atom. The van der Waals surface area contributed by atoms with Crippen LogP contribution in [0.25, 0.3) is 0 Å². The standard InChI is InChI=1S/C32H55N13O11/c1-16(2)25(30(54)43-21(31(55)56)11-24(48)49)45-29(53)22(14-46)44-27(51)19(7-5-9-38-32(35)36)41-28(52)20(10-17-13-37-15-39-17)42-26(50)18(6-3-4-8-33)40-23(47)12-34/h13,15-16,18-22,25,46H,3-12,14,33-34H2,1-2H3,(H,37,39)(H,40,47)(H,41,52)(H,42,50)(H,43,54)(H,44,51)(H,45,53)(H,48,49)(H,55,56)(H4,35,36,38)/t18-,19-,20-,21-,22-,25-/m0/s1. The predicted octanol–water partition coefficient (Wildman–Crippen LogP) is -5.79. The molecule has 0 saturated carbocycles. The van der Waals surface area contributed by atoms with Crippen molar-refractivity contribution in [3.63, 3.8) is 0 Å². The number of H-pyrrole nitrogens is 1. The summed E-state index contributed by atoms with van der Waals surface area (Å²) in [5, 5.41) is 42.7. The number of nitrogens with one attached hydrogen (secondary N) is 7. The number of guanidine groups is 1. The van der Waals surface area contributed by atoms with Crippen LogP contribution in [0.2, 0.25) is 0 Å². The number of carbonyl (C=O) groups is 8. The van der Waals surface area contributed by atoms with E-state index in [2.05, 4.69) is 46.9 Å². The van der Waals surface area contributed by atoms with Crippen molar-refractivity contribution in [2.75, 3.05) is 26.2 Å². The second-order valence-corrected chi connectivity index (χ2v) is 12.9. The maximum absolute atomic E-state index is 13.8. The first-order valence-electron chi connectivity index (χ1n) is 17.7. The van der Waals surface area contributed by atoms with Gasteiger partial charge >= 0.3 is 11.9 Å². The molecule has 0 aliphatic carbocycles. The molecule has 56 heavy (non-hydrogen) atoms. The summed E-state index contributed by atoms with van der Waals surface area (Å²) < 4.78 is 0. The number of unbranched alkanes of at least 4 members (excludes halogenated alkanes) is 1. The second kappa shape index (κ2) is 25.2. The highest BCUT2D eigenvalue weighted by atomic mass is 16.4. The minimum atomic E-state index is -1.82. The summed E-state index contributed by atoms with van der Waals surface area (Å²) in [5.41, 5.74) is 22.2. The topological polar surface area (TPSA) is 415 Å². The third-order valence-corrected chi connectivity index (χ3v) is 8.03. The van der Waals surface area contributed by atoms with E-state index in [9.17, 15) is 48.6 Å². The SMILES string of the molecule is CC(C)[C@H](NC(=O)[C@H](CO)NC(=O)[C@H](CCCN=C(N)N)NC(=O)[C@H](Cc1cnc[nH]1)NC(=O)[C@H](CCCCN)NC(=O)CN)C(=O)N[C@@H](CC(=O)O)C(=O)O. The largest absolute Gasteiger partial charge is 0.481 e. The van der Waals surface area contributed by atoms with Gasteiger partial charge in [-0.1, -0.05) is 13.8 Å². The molecule has 0 radical (unpaired) electrons. The van der Waals surface area contributed by atoms with E-state index < -0.39 is 109 Å². The summed E-state index contributed by atoms with van der Waals surface area (Å²) in [7, 11) is 0. The van der Waals surface area contributed by atoms with Gasteiger partial charge in [0.1, 0.15) is 36.3 Å². The molecule has 0 aliphatic heterocycles. The number of aliphatic carboxylic acids is 2. The van der Waals surface area contributed by atoms with E-state index in [1.54, 1.807) is 0 Å². The molecule has 24 nitrogen and oxygen atoms in total. The lowest BCUT2D eigenvalue weighted by atomic mass is 10.0. The van der Waals surface area contributed by atoms with Gasteiger partial charge in [0.05, 0.1) is 25.9 Å². The molecule has 6 atom stereocenters. The van der Waals surface area contributed by atoms with E-state index in [-0.39, 0.29) is 38.2 Å². The maximum Gasteiger partial charge on any atom is 0.326 e. The molecule has 0 saturated heterocycles. The van der Waals surface area contributed by atoms with Crippen molar-refractivity contribution < 1.29 is 53.7 Å². The van der Waals surface area contributed by atoms with Crippen molar-refractivity contribution in [1.29, 1.82) is 0 Å². The van der Waals surface area contributed by atoms with Gasteiger partial charge in [-0.2, -0.15) is 0 Å². The molecule has 6 amide bonds. The Labute approximate surface area is 322 Å². The maximum atomic E-state index is 13.8. The van der Waals surface area contributed by atoms with Gasteiger partial charge in [0.25, 0.3) is 0 Å². The number of hydrogen-bond donors (Lipinski definition) is 14. The number of carbonyl (C=O) groups excluding carboxylic acids is 6. The molecule has 1 heterocycles. The minimum absolute atomic E-state index is 0.0237. The summed E-state index contributed by atoms with van der Waals surface area (Å²) in [6.07, 6.45) is 2.85. The van der Waals surface area contributed by atoms with E-state index in [4.69, 9.17) is 28.0 Å². The number of amides is 6. The van der Waals surface area contributed by atoms with Crippen LogP contribution in [0.3, 0.4) is 0 Å². The van der Waals surface area contributed by atoms with Crippen molar-refractivity contribution in [1.82, 2.24) is 41.9 Å². The summed E-state index contributed by atoms with van der Waals surface area (Å²) >= 11 is 0. The second-order valence-electron chi connectivity index (χ2n) is 12.9. The van der Waals surface area contributed by atoms with Crippen LogP contribution >= 0.6 is 0 Å². The molecule has 24 heteroatoms. The Morgan fingerprint density at radius 1 is 0.750 bits per heavy atom. The van der Waals surface area contributed by atoms with Crippen LogP contribution in [-0.4, -0.2) is 141 Å². The number of aliphatic hydroxyl groups excluding tert-OH is 1. The molecule has 314 valence electrons. The van der Waals surface area contributed by atoms with E-state index in [0.29, 0.717) is 25.1 Å². The number of nitrogens with zero attached hydrogens (tertiary/aromatic N) is 2. The van der Waals surface area contributed by atoms with Crippen molar-refractivity contribution in [3.05, 3.63) is 18.2 Å².